The molecule has 1 saturated heterocycles. The molecular weight excluding hydrogens is 336 g/mol. The van der Waals surface area contributed by atoms with Crippen LogP contribution in [0.3, 0.4) is 0 Å². The van der Waals surface area contributed by atoms with Crippen molar-refractivity contribution in [3.63, 3.8) is 0 Å². The maximum absolute atomic E-state index is 10.2. The molecule has 2 aromatic heterocycles. The largest absolute Gasteiger partial charge is 0.394 e. The molecule has 3 atom stereocenters. The molecule has 6 N–H and O–H groups in total. The van der Waals surface area contributed by atoms with Gasteiger partial charge in [-0.25, -0.2) is 15.0 Å². The maximum Gasteiger partial charge on any atom is 0.204 e. The molecule has 1 aliphatic rings. The second-order valence-corrected chi connectivity index (χ2v) is 6.41. The maximum atomic E-state index is 10.2. The van der Waals surface area contributed by atoms with E-state index in [1.807, 2.05) is 30.3 Å². The third-order valence-corrected chi connectivity index (χ3v) is 4.59. The van der Waals surface area contributed by atoms with Gasteiger partial charge in [0.2, 0.25) is 5.85 Å². The van der Waals surface area contributed by atoms with Crippen molar-refractivity contribution in [3.8, 4) is 0 Å². The Bertz CT molecular complexity index is 931. The van der Waals surface area contributed by atoms with Gasteiger partial charge in [-0.1, -0.05) is 30.3 Å². The number of fused-ring (bicyclic) bond motifs is 1. The first kappa shape index (κ1) is 16.9. The summed E-state index contributed by atoms with van der Waals surface area (Å²) in [5.74, 6) is -0.567. The standard InChI is InChI=1S/C17H20N6O3/c18-15-14-16(21-9-20-15)23(17(19)7-11(25)12(8-24)26-17)13(22-14)6-10-4-2-1-3-5-10/h1-5,9,11-12,24-25H,6-8,19H2,(H2,18,20,21)/t11-,12+,17-/m0/s1. The zero-order chi connectivity index (χ0) is 18.3. The Kier molecular flexibility index (Phi) is 4.08. The van der Waals surface area contributed by atoms with Crippen molar-refractivity contribution in [2.75, 3.05) is 12.3 Å². The molecule has 3 heterocycles. The van der Waals surface area contributed by atoms with E-state index in [1.165, 1.54) is 6.33 Å². The van der Waals surface area contributed by atoms with Crippen molar-refractivity contribution in [1.29, 1.82) is 0 Å². The lowest BCUT2D eigenvalue weighted by Crippen LogP contribution is -2.44. The van der Waals surface area contributed by atoms with Crippen molar-refractivity contribution in [2.45, 2.75) is 30.9 Å². The van der Waals surface area contributed by atoms with Crippen LogP contribution >= 0.6 is 0 Å². The van der Waals surface area contributed by atoms with Gasteiger partial charge in [0.05, 0.1) is 12.7 Å². The highest BCUT2D eigenvalue weighted by Crippen LogP contribution is 2.35. The number of hydrogen-bond acceptors (Lipinski definition) is 8. The third-order valence-electron chi connectivity index (χ3n) is 4.59. The fourth-order valence-electron chi connectivity index (χ4n) is 3.37. The third kappa shape index (κ3) is 2.71. The predicted octanol–water partition coefficient (Wildman–Crippen LogP) is -0.290. The van der Waals surface area contributed by atoms with Crippen molar-refractivity contribution in [1.82, 2.24) is 19.5 Å². The summed E-state index contributed by atoms with van der Waals surface area (Å²) in [5, 5.41) is 19.6. The Hall–Kier alpha value is -2.59. The van der Waals surface area contributed by atoms with E-state index in [1.54, 1.807) is 4.57 Å². The molecule has 26 heavy (non-hydrogen) atoms. The molecule has 1 aliphatic heterocycles. The van der Waals surface area contributed by atoms with Gasteiger partial charge >= 0.3 is 0 Å². The summed E-state index contributed by atoms with van der Waals surface area (Å²) in [7, 11) is 0. The highest BCUT2D eigenvalue weighted by molar-refractivity contribution is 5.82. The van der Waals surface area contributed by atoms with Crippen LogP contribution in [0.4, 0.5) is 5.82 Å². The SMILES string of the molecule is Nc1ncnc2c1nc(Cc1ccccc1)n2[C@@]1(N)C[C@H](O)[C@@H](CO)O1. The number of nitrogen functional groups attached to an aromatic ring is 1. The predicted molar refractivity (Wildman–Crippen MR) is 93.7 cm³/mol. The molecule has 0 saturated carbocycles. The summed E-state index contributed by atoms with van der Waals surface area (Å²) in [6.45, 7) is -0.335. The number of aliphatic hydroxyl groups is 2. The Labute approximate surface area is 149 Å². The van der Waals surface area contributed by atoms with E-state index in [9.17, 15) is 10.2 Å². The minimum Gasteiger partial charge on any atom is -0.394 e. The average molecular weight is 356 g/mol. The van der Waals surface area contributed by atoms with Crippen LogP contribution in [-0.4, -0.2) is 48.5 Å². The van der Waals surface area contributed by atoms with E-state index in [0.29, 0.717) is 23.4 Å². The van der Waals surface area contributed by atoms with E-state index in [4.69, 9.17) is 16.2 Å². The van der Waals surface area contributed by atoms with E-state index in [2.05, 4.69) is 15.0 Å². The number of anilines is 1. The van der Waals surface area contributed by atoms with E-state index < -0.39 is 18.1 Å². The number of nitrogens with two attached hydrogens (primary N) is 2. The number of rotatable bonds is 4. The summed E-state index contributed by atoms with van der Waals surface area (Å²) in [4.78, 5) is 12.8. The molecule has 1 aromatic carbocycles. The van der Waals surface area contributed by atoms with Gasteiger partial charge in [0.25, 0.3) is 0 Å². The Morgan fingerprint density at radius 3 is 2.73 bits per heavy atom. The highest BCUT2D eigenvalue weighted by Gasteiger charge is 2.46. The van der Waals surface area contributed by atoms with Gasteiger partial charge in [-0.15, -0.1) is 0 Å². The average Bonchev–Trinajstić information content (AvgIpc) is 3.14. The quantitative estimate of drug-likeness (QED) is 0.499. The van der Waals surface area contributed by atoms with E-state index >= 15 is 0 Å². The lowest BCUT2D eigenvalue weighted by atomic mass is 10.1. The molecule has 4 rings (SSSR count). The number of aliphatic hydroxyl groups excluding tert-OH is 2. The van der Waals surface area contributed by atoms with Crippen LogP contribution in [0.2, 0.25) is 0 Å². The monoisotopic (exact) mass is 356 g/mol. The van der Waals surface area contributed by atoms with Gasteiger partial charge in [-0.05, 0) is 5.56 Å². The Morgan fingerprint density at radius 2 is 2.04 bits per heavy atom. The molecule has 0 radical (unpaired) electrons. The molecule has 0 unspecified atom stereocenters. The molecule has 1 fully saturated rings. The van der Waals surface area contributed by atoms with E-state index in [0.717, 1.165) is 5.56 Å². The number of aromatic nitrogens is 4. The van der Waals surface area contributed by atoms with Crippen molar-refractivity contribution in [2.24, 2.45) is 5.73 Å². The van der Waals surface area contributed by atoms with Crippen LogP contribution < -0.4 is 11.5 Å². The first-order chi connectivity index (χ1) is 12.5. The minimum atomic E-state index is -1.40. The number of benzene rings is 1. The normalized spacial score (nSPS) is 25.8. The van der Waals surface area contributed by atoms with Gasteiger partial charge in [0.15, 0.2) is 17.0 Å². The van der Waals surface area contributed by atoms with Gasteiger partial charge in [0, 0.05) is 12.8 Å². The summed E-state index contributed by atoms with van der Waals surface area (Å²) in [5.41, 5.74) is 14.3. The van der Waals surface area contributed by atoms with Crippen LogP contribution in [0.15, 0.2) is 36.7 Å². The van der Waals surface area contributed by atoms with Crippen molar-refractivity contribution < 1.29 is 14.9 Å². The first-order valence-electron chi connectivity index (χ1n) is 8.29. The van der Waals surface area contributed by atoms with Crippen LogP contribution in [0.1, 0.15) is 17.8 Å². The van der Waals surface area contributed by atoms with Crippen molar-refractivity contribution >= 4 is 17.0 Å². The Morgan fingerprint density at radius 1 is 1.27 bits per heavy atom. The zero-order valence-electron chi connectivity index (χ0n) is 14.0. The minimum absolute atomic E-state index is 0.0926. The molecule has 0 spiro atoms. The molecule has 0 bridgehead atoms. The van der Waals surface area contributed by atoms with Crippen LogP contribution in [0.25, 0.3) is 11.2 Å². The summed E-state index contributed by atoms with van der Waals surface area (Å²) >= 11 is 0. The highest BCUT2D eigenvalue weighted by atomic mass is 16.6. The fourth-order valence-corrected chi connectivity index (χ4v) is 3.37. The number of nitrogens with zero attached hydrogens (tertiary/aromatic N) is 4. The number of imidazole rings is 1. The van der Waals surface area contributed by atoms with E-state index in [-0.39, 0.29) is 18.8 Å². The molecule has 136 valence electrons. The van der Waals surface area contributed by atoms with Gasteiger partial charge < -0.3 is 20.7 Å². The molecule has 9 nitrogen and oxygen atoms in total. The fraction of sp³-hybridized carbons (Fsp3) is 0.353. The zero-order valence-corrected chi connectivity index (χ0v) is 14.0. The smallest absolute Gasteiger partial charge is 0.204 e. The summed E-state index contributed by atoms with van der Waals surface area (Å²) in [6.07, 6.45) is 0.224. The van der Waals surface area contributed by atoms with Crippen LogP contribution in [-0.2, 0) is 17.0 Å². The topological polar surface area (TPSA) is 145 Å². The number of hydrogen-bond donors (Lipinski definition) is 4. The molecule has 0 aliphatic carbocycles. The molecule has 9 heteroatoms. The van der Waals surface area contributed by atoms with Gasteiger partial charge in [0.1, 0.15) is 18.3 Å². The lowest BCUT2D eigenvalue weighted by Gasteiger charge is -2.27. The molecule has 0 amide bonds. The Balaban J connectivity index is 1.87. The van der Waals surface area contributed by atoms with Gasteiger partial charge in [-0.3, -0.25) is 10.3 Å². The van der Waals surface area contributed by atoms with Gasteiger partial charge in [-0.2, -0.15) is 0 Å². The first-order valence-corrected chi connectivity index (χ1v) is 8.29. The number of ether oxygens (including phenoxy) is 1. The lowest BCUT2D eigenvalue weighted by molar-refractivity contribution is -0.112. The second-order valence-electron chi connectivity index (χ2n) is 6.41. The van der Waals surface area contributed by atoms with Crippen LogP contribution in [0, 0.1) is 0 Å². The second kappa shape index (κ2) is 6.29. The molecule has 3 aromatic rings. The summed E-state index contributed by atoms with van der Waals surface area (Å²) in [6, 6.07) is 9.76. The molecular formula is C17H20N6O3. The summed E-state index contributed by atoms with van der Waals surface area (Å²) < 4.78 is 7.43. The van der Waals surface area contributed by atoms with Crippen LogP contribution in [0.5, 0.6) is 0 Å². The van der Waals surface area contributed by atoms with Crippen molar-refractivity contribution in [3.05, 3.63) is 48.0 Å².